The van der Waals surface area contributed by atoms with Gasteiger partial charge in [-0.1, -0.05) is 6.92 Å². The van der Waals surface area contributed by atoms with Gasteiger partial charge in [-0.3, -0.25) is 4.84 Å². The maximum Gasteiger partial charge on any atom is 0.180 e. The first kappa shape index (κ1) is 5.65. The molecular formula is C6H11NO2. The number of ether oxygens (including phenoxy) is 1. The van der Waals surface area contributed by atoms with Gasteiger partial charge in [-0.2, -0.15) is 5.06 Å². The summed E-state index contributed by atoms with van der Waals surface area (Å²) in [5.74, 6) is 0. The molecule has 0 amide bonds. The first-order chi connectivity index (χ1) is 4.38. The summed E-state index contributed by atoms with van der Waals surface area (Å²) < 4.78 is 5.24. The van der Waals surface area contributed by atoms with Crippen LogP contribution in [0, 0.1) is 0 Å². The Morgan fingerprint density at radius 1 is 1.67 bits per heavy atom. The molecule has 0 aliphatic carbocycles. The monoisotopic (exact) mass is 129 g/mol. The van der Waals surface area contributed by atoms with Crippen LogP contribution in [0.4, 0.5) is 0 Å². The molecule has 2 atom stereocenters. The van der Waals surface area contributed by atoms with Crippen LogP contribution in [0.15, 0.2) is 0 Å². The van der Waals surface area contributed by atoms with E-state index >= 15 is 0 Å². The van der Waals surface area contributed by atoms with Gasteiger partial charge in [-0.15, -0.1) is 0 Å². The van der Waals surface area contributed by atoms with Crippen LogP contribution in [0.3, 0.4) is 0 Å². The predicted molar refractivity (Wildman–Crippen MR) is 31.6 cm³/mol. The SMILES string of the molecule is CCN1CC2CC(O2)O1. The highest BCUT2D eigenvalue weighted by molar-refractivity contribution is 4.76. The van der Waals surface area contributed by atoms with Gasteiger partial charge in [0.1, 0.15) is 0 Å². The van der Waals surface area contributed by atoms with E-state index in [0.717, 1.165) is 19.5 Å². The number of nitrogens with zero attached hydrogens (tertiary/aromatic N) is 1. The van der Waals surface area contributed by atoms with Crippen LogP contribution in [0.25, 0.3) is 0 Å². The fourth-order valence-electron chi connectivity index (χ4n) is 1.24. The maximum atomic E-state index is 5.31. The summed E-state index contributed by atoms with van der Waals surface area (Å²) in [5, 5.41) is 1.96. The van der Waals surface area contributed by atoms with Crippen LogP contribution >= 0.6 is 0 Å². The van der Waals surface area contributed by atoms with Gasteiger partial charge in [-0.05, 0) is 0 Å². The summed E-state index contributed by atoms with van der Waals surface area (Å²) in [7, 11) is 0. The van der Waals surface area contributed by atoms with Gasteiger partial charge < -0.3 is 4.74 Å². The minimum atomic E-state index is 0.0868. The van der Waals surface area contributed by atoms with Crippen molar-refractivity contribution in [1.82, 2.24) is 5.06 Å². The Balaban J connectivity index is 1.89. The zero-order chi connectivity index (χ0) is 6.27. The minimum Gasteiger partial charge on any atom is -0.346 e. The van der Waals surface area contributed by atoms with E-state index in [1.807, 2.05) is 5.06 Å². The average Bonchev–Trinajstić information content (AvgIpc) is 1.87. The molecule has 0 aromatic rings. The molecule has 3 aliphatic heterocycles. The first-order valence-electron chi connectivity index (χ1n) is 3.45. The quantitative estimate of drug-likeness (QED) is 0.510. The third kappa shape index (κ3) is 0.852. The van der Waals surface area contributed by atoms with E-state index in [9.17, 15) is 0 Å². The summed E-state index contributed by atoms with van der Waals surface area (Å²) in [5.41, 5.74) is 0. The molecule has 3 nitrogen and oxygen atoms in total. The van der Waals surface area contributed by atoms with Crippen molar-refractivity contribution < 1.29 is 9.57 Å². The fourth-order valence-corrected chi connectivity index (χ4v) is 1.24. The zero-order valence-electron chi connectivity index (χ0n) is 5.54. The van der Waals surface area contributed by atoms with Gasteiger partial charge in [-0.25, -0.2) is 0 Å². The number of hydrogen-bond acceptors (Lipinski definition) is 3. The molecule has 3 fully saturated rings. The normalized spacial score (nSPS) is 42.3. The molecule has 9 heavy (non-hydrogen) atoms. The molecule has 52 valence electrons. The van der Waals surface area contributed by atoms with E-state index in [-0.39, 0.29) is 6.29 Å². The van der Waals surface area contributed by atoms with Crippen molar-refractivity contribution in [1.29, 1.82) is 0 Å². The number of rotatable bonds is 1. The van der Waals surface area contributed by atoms with E-state index in [2.05, 4.69) is 6.92 Å². The van der Waals surface area contributed by atoms with Crippen LogP contribution in [-0.4, -0.2) is 30.5 Å². The fraction of sp³-hybridized carbons (Fsp3) is 1.00. The lowest BCUT2D eigenvalue weighted by Crippen LogP contribution is -2.55. The summed E-state index contributed by atoms with van der Waals surface area (Å²) >= 11 is 0. The lowest BCUT2D eigenvalue weighted by Gasteiger charge is -2.45. The van der Waals surface area contributed by atoms with Gasteiger partial charge in [0.15, 0.2) is 6.29 Å². The molecular weight excluding hydrogens is 118 g/mol. The Kier molecular flexibility index (Phi) is 1.22. The van der Waals surface area contributed by atoms with Crippen molar-refractivity contribution in [3.8, 4) is 0 Å². The molecule has 3 heterocycles. The highest BCUT2D eigenvalue weighted by Gasteiger charge is 2.38. The highest BCUT2D eigenvalue weighted by atomic mass is 16.8. The number of likely N-dealkylation sites (N-methyl/N-ethyl adjacent to an activating group) is 1. The molecule has 0 N–H and O–H groups in total. The molecule has 0 aromatic heterocycles. The molecule has 3 aliphatic rings. The molecule has 0 spiro atoms. The minimum absolute atomic E-state index is 0.0868. The number of hydroxylamine groups is 2. The van der Waals surface area contributed by atoms with Crippen LogP contribution in [0.5, 0.6) is 0 Å². The summed E-state index contributed by atoms with van der Waals surface area (Å²) in [6.07, 6.45) is 1.64. The second-order valence-electron chi connectivity index (χ2n) is 2.51. The van der Waals surface area contributed by atoms with Gasteiger partial charge in [0.05, 0.1) is 12.6 Å². The lowest BCUT2D eigenvalue weighted by atomic mass is 10.1. The van der Waals surface area contributed by atoms with Crippen molar-refractivity contribution in [2.24, 2.45) is 0 Å². The van der Waals surface area contributed by atoms with Crippen molar-refractivity contribution in [2.75, 3.05) is 13.1 Å². The van der Waals surface area contributed by atoms with Gasteiger partial charge in [0.2, 0.25) is 0 Å². The molecule has 0 radical (unpaired) electrons. The van der Waals surface area contributed by atoms with Crippen molar-refractivity contribution >= 4 is 0 Å². The second-order valence-corrected chi connectivity index (χ2v) is 2.51. The van der Waals surface area contributed by atoms with Crippen molar-refractivity contribution in [2.45, 2.75) is 25.7 Å². The molecule has 3 saturated heterocycles. The number of fused-ring (bicyclic) bond motifs is 2. The molecule has 2 bridgehead atoms. The second kappa shape index (κ2) is 1.94. The van der Waals surface area contributed by atoms with Gasteiger partial charge >= 0.3 is 0 Å². The van der Waals surface area contributed by atoms with Crippen LogP contribution in [0.2, 0.25) is 0 Å². The van der Waals surface area contributed by atoms with Crippen LogP contribution < -0.4 is 0 Å². The largest absolute Gasteiger partial charge is 0.346 e. The Bertz CT molecular complexity index is 102. The smallest absolute Gasteiger partial charge is 0.180 e. The van der Waals surface area contributed by atoms with E-state index in [4.69, 9.17) is 9.57 Å². The summed E-state index contributed by atoms with van der Waals surface area (Å²) in [6, 6.07) is 0. The van der Waals surface area contributed by atoms with Gasteiger partial charge in [0.25, 0.3) is 0 Å². The first-order valence-corrected chi connectivity index (χ1v) is 3.45. The zero-order valence-corrected chi connectivity index (χ0v) is 5.54. The van der Waals surface area contributed by atoms with Crippen molar-refractivity contribution in [3.05, 3.63) is 0 Å². The Hall–Kier alpha value is -0.120. The Morgan fingerprint density at radius 2 is 2.44 bits per heavy atom. The standard InChI is InChI=1S/C6H11NO2/c1-2-7-4-5-3-6(8-5)9-7/h5-6H,2-4H2,1H3. The van der Waals surface area contributed by atoms with E-state index < -0.39 is 0 Å². The predicted octanol–water partition coefficient (Wildman–Crippen LogP) is 0.369. The third-order valence-electron chi connectivity index (χ3n) is 1.83. The van der Waals surface area contributed by atoms with Crippen molar-refractivity contribution in [3.63, 3.8) is 0 Å². The summed E-state index contributed by atoms with van der Waals surface area (Å²) in [4.78, 5) is 5.31. The third-order valence-corrected chi connectivity index (χ3v) is 1.83. The van der Waals surface area contributed by atoms with Gasteiger partial charge in [0, 0.05) is 13.0 Å². The topological polar surface area (TPSA) is 21.7 Å². The molecule has 2 unspecified atom stereocenters. The highest BCUT2D eigenvalue weighted by Crippen LogP contribution is 2.28. The van der Waals surface area contributed by atoms with Crippen LogP contribution in [0.1, 0.15) is 13.3 Å². The molecule has 0 aromatic carbocycles. The molecule has 3 heteroatoms. The maximum absolute atomic E-state index is 5.31. The van der Waals surface area contributed by atoms with E-state index in [1.54, 1.807) is 0 Å². The molecule has 3 rings (SSSR count). The molecule has 0 saturated carbocycles. The average molecular weight is 129 g/mol. The Morgan fingerprint density at radius 3 is 2.78 bits per heavy atom. The Labute approximate surface area is 54.5 Å². The summed E-state index contributed by atoms with van der Waals surface area (Å²) in [6.45, 7) is 4.01. The van der Waals surface area contributed by atoms with E-state index in [0.29, 0.717) is 6.10 Å². The van der Waals surface area contributed by atoms with E-state index in [1.165, 1.54) is 0 Å². The lowest BCUT2D eigenvalue weighted by molar-refractivity contribution is -0.400. The number of hydrogen-bond donors (Lipinski definition) is 0. The van der Waals surface area contributed by atoms with Crippen LogP contribution in [-0.2, 0) is 9.57 Å².